The van der Waals surface area contributed by atoms with Crippen molar-refractivity contribution in [1.82, 2.24) is 25.1 Å². The number of fused-ring (bicyclic) bond motifs is 1. The van der Waals surface area contributed by atoms with Crippen molar-refractivity contribution in [2.24, 2.45) is 0 Å². The molecule has 1 aromatic carbocycles. The summed E-state index contributed by atoms with van der Waals surface area (Å²) in [6, 6.07) is 8.66. The third-order valence-corrected chi connectivity index (χ3v) is 5.36. The van der Waals surface area contributed by atoms with Crippen molar-refractivity contribution >= 4 is 16.8 Å². The molecule has 6 heteroatoms. The number of para-hydroxylation sites is 1. The lowest BCUT2D eigenvalue weighted by molar-refractivity contribution is -0.121. The van der Waals surface area contributed by atoms with Gasteiger partial charge >= 0.3 is 0 Å². The predicted molar refractivity (Wildman–Crippen MR) is 101 cm³/mol. The van der Waals surface area contributed by atoms with Gasteiger partial charge in [-0.05, 0) is 30.9 Å². The largest absolute Gasteiger partial charge is 0.361 e. The molecule has 0 aliphatic heterocycles. The van der Waals surface area contributed by atoms with Crippen LogP contribution in [0.4, 0.5) is 0 Å². The first-order valence-corrected chi connectivity index (χ1v) is 9.51. The molecule has 0 spiro atoms. The molecule has 0 bridgehead atoms. The van der Waals surface area contributed by atoms with Crippen LogP contribution in [0.15, 0.2) is 36.8 Å². The van der Waals surface area contributed by atoms with E-state index in [9.17, 15) is 4.79 Å². The highest BCUT2D eigenvalue weighted by Gasteiger charge is 2.18. The van der Waals surface area contributed by atoms with Crippen LogP contribution in [0.25, 0.3) is 10.9 Å². The second-order valence-corrected chi connectivity index (χ2v) is 7.08. The molecule has 136 valence electrons. The summed E-state index contributed by atoms with van der Waals surface area (Å²) in [7, 11) is 0. The van der Waals surface area contributed by atoms with Gasteiger partial charge in [-0.2, -0.15) is 0 Å². The average Bonchev–Trinajstić information content (AvgIpc) is 3.32. The van der Waals surface area contributed by atoms with Gasteiger partial charge in [-0.25, -0.2) is 0 Å². The summed E-state index contributed by atoms with van der Waals surface area (Å²) in [6.45, 7) is 0.448. The molecule has 0 unspecified atom stereocenters. The maximum atomic E-state index is 12.3. The molecule has 0 atom stereocenters. The van der Waals surface area contributed by atoms with Gasteiger partial charge < -0.3 is 14.9 Å². The molecule has 1 amide bonds. The molecule has 2 N–H and O–H groups in total. The molecule has 4 rings (SSSR count). The first kappa shape index (κ1) is 16.8. The van der Waals surface area contributed by atoms with Crippen molar-refractivity contribution < 1.29 is 4.79 Å². The second-order valence-electron chi connectivity index (χ2n) is 7.08. The van der Waals surface area contributed by atoms with Crippen molar-refractivity contribution in [2.75, 3.05) is 0 Å². The number of carbonyl (C=O) groups excluding carboxylic acids is 1. The Kier molecular flexibility index (Phi) is 5.00. The monoisotopic (exact) mass is 351 g/mol. The van der Waals surface area contributed by atoms with Crippen LogP contribution in [0, 0.1) is 0 Å². The number of benzene rings is 1. The lowest BCUT2D eigenvalue weighted by Gasteiger charge is -2.24. The third kappa shape index (κ3) is 3.64. The molecule has 0 radical (unpaired) electrons. The van der Waals surface area contributed by atoms with Gasteiger partial charge in [0.1, 0.15) is 6.33 Å². The Balaban J connectivity index is 1.31. The number of aromatic nitrogens is 4. The molecule has 2 aromatic heterocycles. The summed E-state index contributed by atoms with van der Waals surface area (Å²) < 4.78 is 2.15. The minimum absolute atomic E-state index is 0.0495. The molecular weight excluding hydrogens is 326 g/mol. The van der Waals surface area contributed by atoms with Crippen LogP contribution in [0.2, 0.25) is 0 Å². The maximum Gasteiger partial charge on any atom is 0.220 e. The van der Waals surface area contributed by atoms with Gasteiger partial charge in [0.05, 0.1) is 6.54 Å². The van der Waals surface area contributed by atoms with E-state index < -0.39 is 0 Å². The van der Waals surface area contributed by atoms with Crippen LogP contribution in [0.5, 0.6) is 0 Å². The molecule has 3 aromatic rings. The van der Waals surface area contributed by atoms with E-state index in [0.29, 0.717) is 19.0 Å². The van der Waals surface area contributed by atoms with Crippen LogP contribution < -0.4 is 5.32 Å². The molecule has 1 aliphatic carbocycles. The SMILES string of the molecule is O=C(CCc1c[nH]c2ccccc12)NCc1nncn1C1CCCCC1. The third-order valence-electron chi connectivity index (χ3n) is 5.36. The van der Waals surface area contributed by atoms with E-state index in [0.717, 1.165) is 17.8 Å². The number of amides is 1. The quantitative estimate of drug-likeness (QED) is 0.713. The van der Waals surface area contributed by atoms with Crippen molar-refractivity contribution in [2.45, 2.75) is 57.5 Å². The number of carbonyl (C=O) groups is 1. The summed E-state index contributed by atoms with van der Waals surface area (Å²) >= 11 is 0. The number of nitrogens with zero attached hydrogens (tertiary/aromatic N) is 3. The Morgan fingerprint density at radius 1 is 1.23 bits per heavy atom. The molecular formula is C20H25N5O. The zero-order chi connectivity index (χ0) is 17.8. The van der Waals surface area contributed by atoms with Gasteiger partial charge in [0.25, 0.3) is 0 Å². The van der Waals surface area contributed by atoms with Gasteiger partial charge in [0.15, 0.2) is 5.82 Å². The van der Waals surface area contributed by atoms with Crippen LogP contribution in [0.1, 0.15) is 56.0 Å². The summed E-state index contributed by atoms with van der Waals surface area (Å²) in [5.74, 6) is 0.908. The van der Waals surface area contributed by atoms with Crippen molar-refractivity contribution in [3.8, 4) is 0 Å². The molecule has 2 heterocycles. The van der Waals surface area contributed by atoms with E-state index in [1.807, 2.05) is 24.7 Å². The minimum atomic E-state index is 0.0495. The van der Waals surface area contributed by atoms with Gasteiger partial charge in [-0.15, -0.1) is 10.2 Å². The van der Waals surface area contributed by atoms with E-state index in [1.165, 1.54) is 43.1 Å². The van der Waals surface area contributed by atoms with Crippen molar-refractivity contribution in [3.05, 3.63) is 48.2 Å². The Bertz CT molecular complexity index is 875. The lowest BCUT2D eigenvalue weighted by atomic mass is 9.95. The Labute approximate surface area is 153 Å². The highest BCUT2D eigenvalue weighted by molar-refractivity contribution is 5.84. The second kappa shape index (κ2) is 7.72. The first-order valence-electron chi connectivity index (χ1n) is 9.51. The standard InChI is InChI=1S/C20H25N5O/c26-20(11-10-15-12-21-18-9-5-4-8-17(15)18)22-13-19-24-23-14-25(19)16-6-2-1-3-7-16/h4-5,8-9,12,14,16,21H,1-3,6-7,10-11,13H2,(H,22,26). The fourth-order valence-corrected chi connectivity index (χ4v) is 3.91. The Morgan fingerprint density at radius 3 is 2.96 bits per heavy atom. The highest BCUT2D eigenvalue weighted by Crippen LogP contribution is 2.28. The number of rotatable bonds is 6. The predicted octanol–water partition coefficient (Wildman–Crippen LogP) is 3.51. The molecule has 1 aliphatic rings. The normalized spacial score (nSPS) is 15.4. The number of aromatic amines is 1. The van der Waals surface area contributed by atoms with Gasteiger partial charge in [0, 0.05) is 29.6 Å². The van der Waals surface area contributed by atoms with Crippen molar-refractivity contribution in [1.29, 1.82) is 0 Å². The van der Waals surface area contributed by atoms with Gasteiger partial charge in [-0.3, -0.25) is 4.79 Å². The molecule has 26 heavy (non-hydrogen) atoms. The summed E-state index contributed by atoms with van der Waals surface area (Å²) in [5, 5.41) is 12.5. The fraction of sp³-hybridized carbons (Fsp3) is 0.450. The lowest BCUT2D eigenvalue weighted by Crippen LogP contribution is -2.26. The first-order chi connectivity index (χ1) is 12.8. The van der Waals surface area contributed by atoms with E-state index in [2.05, 4.69) is 37.2 Å². The Hall–Kier alpha value is -2.63. The van der Waals surface area contributed by atoms with Crippen LogP contribution in [-0.2, 0) is 17.8 Å². The summed E-state index contributed by atoms with van der Waals surface area (Å²) in [4.78, 5) is 15.5. The van der Waals surface area contributed by atoms with Crippen molar-refractivity contribution in [3.63, 3.8) is 0 Å². The van der Waals surface area contributed by atoms with E-state index in [1.54, 1.807) is 0 Å². The van der Waals surface area contributed by atoms with Gasteiger partial charge in [-0.1, -0.05) is 37.5 Å². The summed E-state index contributed by atoms with van der Waals surface area (Å²) in [6.07, 6.45) is 11.2. The minimum Gasteiger partial charge on any atom is -0.361 e. The molecule has 1 saturated carbocycles. The summed E-state index contributed by atoms with van der Waals surface area (Å²) in [5.41, 5.74) is 2.30. The molecule has 6 nitrogen and oxygen atoms in total. The van der Waals surface area contributed by atoms with E-state index in [-0.39, 0.29) is 5.91 Å². The molecule has 1 fully saturated rings. The number of hydrogen-bond donors (Lipinski definition) is 2. The Morgan fingerprint density at radius 2 is 2.08 bits per heavy atom. The zero-order valence-electron chi connectivity index (χ0n) is 14.9. The fourth-order valence-electron chi connectivity index (χ4n) is 3.91. The van der Waals surface area contributed by atoms with E-state index in [4.69, 9.17) is 0 Å². The zero-order valence-corrected chi connectivity index (χ0v) is 14.9. The van der Waals surface area contributed by atoms with Gasteiger partial charge in [0.2, 0.25) is 5.91 Å². The van der Waals surface area contributed by atoms with Crippen LogP contribution in [0.3, 0.4) is 0 Å². The maximum absolute atomic E-state index is 12.3. The van der Waals surface area contributed by atoms with E-state index >= 15 is 0 Å². The average molecular weight is 351 g/mol. The number of hydrogen-bond acceptors (Lipinski definition) is 3. The number of nitrogens with one attached hydrogen (secondary N) is 2. The number of H-pyrrole nitrogens is 1. The van der Waals surface area contributed by atoms with Crippen LogP contribution >= 0.6 is 0 Å². The molecule has 0 saturated heterocycles. The topological polar surface area (TPSA) is 75.6 Å². The highest BCUT2D eigenvalue weighted by atomic mass is 16.1. The number of aryl methyl sites for hydroxylation is 1. The van der Waals surface area contributed by atoms with Crippen LogP contribution in [-0.4, -0.2) is 25.7 Å². The smallest absolute Gasteiger partial charge is 0.220 e.